The fraction of sp³-hybridized carbons (Fsp3) is 0.250. The number of benzene rings is 2. The molecule has 0 aromatic heterocycles. The molecule has 6 heteroatoms. The molecule has 26 heavy (non-hydrogen) atoms. The Morgan fingerprint density at radius 3 is 2.65 bits per heavy atom. The molecule has 0 aliphatic carbocycles. The van der Waals surface area contributed by atoms with Gasteiger partial charge in [-0.3, -0.25) is 10.1 Å². The topological polar surface area (TPSA) is 74.2 Å². The van der Waals surface area contributed by atoms with E-state index in [0.717, 1.165) is 25.0 Å². The van der Waals surface area contributed by atoms with Gasteiger partial charge in [-0.1, -0.05) is 25.8 Å². The van der Waals surface area contributed by atoms with E-state index in [-0.39, 0.29) is 11.0 Å². The third kappa shape index (κ3) is 6.19. The van der Waals surface area contributed by atoms with Crippen LogP contribution in [0.5, 0.6) is 5.75 Å². The van der Waals surface area contributed by atoms with Crippen LogP contribution in [-0.4, -0.2) is 17.6 Å². The maximum Gasteiger partial charge on any atom is 0.257 e. The first-order chi connectivity index (χ1) is 12.6. The molecule has 2 aromatic carbocycles. The standard InChI is InChI=1S/C20H21N3O2S/c1-2-3-4-12-25-18-10-8-16(9-11-18)19(24)23-20(26)22-17-7-5-6-15(13-17)14-21/h5-11,13H,2-4,12H2,1H3,(H2,22,23,24,26). The van der Waals surface area contributed by atoms with Gasteiger partial charge in [-0.05, 0) is 61.1 Å². The molecule has 0 unspecified atom stereocenters. The Balaban J connectivity index is 1.86. The molecule has 0 bridgehead atoms. The second-order valence-electron chi connectivity index (χ2n) is 5.68. The minimum Gasteiger partial charge on any atom is -0.494 e. The summed E-state index contributed by atoms with van der Waals surface area (Å²) in [5.41, 5.74) is 1.64. The number of hydrogen-bond donors (Lipinski definition) is 2. The molecule has 134 valence electrons. The maximum absolute atomic E-state index is 12.2. The predicted octanol–water partition coefficient (Wildman–Crippen LogP) is 4.25. The summed E-state index contributed by atoms with van der Waals surface area (Å²) in [7, 11) is 0. The van der Waals surface area contributed by atoms with Crippen molar-refractivity contribution in [3.8, 4) is 11.8 Å². The van der Waals surface area contributed by atoms with E-state index in [1.807, 2.05) is 0 Å². The predicted molar refractivity (Wildman–Crippen MR) is 106 cm³/mol. The van der Waals surface area contributed by atoms with E-state index in [1.54, 1.807) is 48.5 Å². The molecule has 0 fully saturated rings. The molecular formula is C20H21N3O2S. The quantitative estimate of drug-likeness (QED) is 0.565. The number of nitrogens with one attached hydrogen (secondary N) is 2. The van der Waals surface area contributed by atoms with Crippen LogP contribution in [0, 0.1) is 11.3 Å². The van der Waals surface area contributed by atoms with Gasteiger partial charge in [0.25, 0.3) is 5.91 Å². The maximum atomic E-state index is 12.2. The summed E-state index contributed by atoms with van der Waals surface area (Å²) in [6, 6.07) is 15.8. The fourth-order valence-electron chi connectivity index (χ4n) is 2.25. The molecule has 0 atom stereocenters. The van der Waals surface area contributed by atoms with Gasteiger partial charge in [0.05, 0.1) is 18.2 Å². The van der Waals surface area contributed by atoms with Gasteiger partial charge in [-0.25, -0.2) is 0 Å². The zero-order chi connectivity index (χ0) is 18.8. The van der Waals surface area contributed by atoms with Crippen molar-refractivity contribution in [2.75, 3.05) is 11.9 Å². The highest BCUT2D eigenvalue weighted by molar-refractivity contribution is 7.80. The highest BCUT2D eigenvalue weighted by Crippen LogP contribution is 2.13. The molecule has 0 aliphatic heterocycles. The number of carbonyl (C=O) groups excluding carboxylic acids is 1. The number of anilines is 1. The second kappa shape index (κ2) is 10.2. The summed E-state index contributed by atoms with van der Waals surface area (Å²) < 4.78 is 5.63. The number of hydrogen-bond acceptors (Lipinski definition) is 4. The molecule has 2 N–H and O–H groups in total. The number of carbonyl (C=O) groups is 1. The lowest BCUT2D eigenvalue weighted by atomic mass is 10.2. The van der Waals surface area contributed by atoms with E-state index in [9.17, 15) is 4.79 Å². The Bertz CT molecular complexity index is 797. The Morgan fingerprint density at radius 1 is 1.19 bits per heavy atom. The lowest BCUT2D eigenvalue weighted by Gasteiger charge is -2.10. The zero-order valence-electron chi connectivity index (χ0n) is 14.6. The minimum atomic E-state index is -0.309. The highest BCUT2D eigenvalue weighted by atomic mass is 32.1. The van der Waals surface area contributed by atoms with Gasteiger partial charge >= 0.3 is 0 Å². The second-order valence-corrected chi connectivity index (χ2v) is 6.09. The smallest absolute Gasteiger partial charge is 0.257 e. The van der Waals surface area contributed by atoms with Gasteiger partial charge in [0.15, 0.2) is 5.11 Å². The Morgan fingerprint density at radius 2 is 1.96 bits per heavy atom. The first kappa shape index (κ1) is 19.4. The van der Waals surface area contributed by atoms with Gasteiger partial charge < -0.3 is 10.1 Å². The van der Waals surface area contributed by atoms with Crippen molar-refractivity contribution >= 4 is 28.9 Å². The van der Waals surface area contributed by atoms with Crippen LogP contribution in [0.1, 0.15) is 42.1 Å². The van der Waals surface area contributed by atoms with E-state index in [4.69, 9.17) is 22.2 Å². The van der Waals surface area contributed by atoms with E-state index < -0.39 is 0 Å². The zero-order valence-corrected chi connectivity index (χ0v) is 15.4. The molecule has 0 aliphatic rings. The minimum absolute atomic E-state index is 0.171. The van der Waals surface area contributed by atoms with Gasteiger partial charge in [0.1, 0.15) is 5.75 Å². The average Bonchev–Trinajstić information content (AvgIpc) is 2.65. The van der Waals surface area contributed by atoms with Crippen LogP contribution >= 0.6 is 12.2 Å². The number of ether oxygens (including phenoxy) is 1. The summed E-state index contributed by atoms with van der Waals surface area (Å²) in [6.07, 6.45) is 3.31. The number of nitrogens with zero attached hydrogens (tertiary/aromatic N) is 1. The molecule has 2 rings (SSSR count). The van der Waals surface area contributed by atoms with Crippen LogP contribution in [0.2, 0.25) is 0 Å². The number of rotatable bonds is 7. The molecule has 2 aromatic rings. The fourth-order valence-corrected chi connectivity index (χ4v) is 2.46. The van der Waals surface area contributed by atoms with Crippen molar-refractivity contribution in [2.45, 2.75) is 26.2 Å². The van der Waals surface area contributed by atoms with Crippen LogP contribution in [0.15, 0.2) is 48.5 Å². The Kier molecular flexibility index (Phi) is 7.59. The van der Waals surface area contributed by atoms with Crippen LogP contribution in [0.4, 0.5) is 5.69 Å². The monoisotopic (exact) mass is 367 g/mol. The van der Waals surface area contributed by atoms with E-state index in [0.29, 0.717) is 23.4 Å². The summed E-state index contributed by atoms with van der Waals surface area (Å²) in [4.78, 5) is 12.2. The number of unbranched alkanes of at least 4 members (excludes halogenated alkanes) is 2. The number of thiocarbonyl (C=S) groups is 1. The van der Waals surface area contributed by atoms with Crippen molar-refractivity contribution < 1.29 is 9.53 Å². The summed E-state index contributed by atoms with van der Waals surface area (Å²) in [6.45, 7) is 2.82. The van der Waals surface area contributed by atoms with Gasteiger partial charge in [-0.2, -0.15) is 5.26 Å². The Hall–Kier alpha value is -2.91. The summed E-state index contributed by atoms with van der Waals surface area (Å²) >= 11 is 5.15. The molecule has 1 amide bonds. The van der Waals surface area contributed by atoms with E-state index >= 15 is 0 Å². The molecule has 5 nitrogen and oxygen atoms in total. The first-order valence-electron chi connectivity index (χ1n) is 8.47. The van der Waals surface area contributed by atoms with Crippen molar-refractivity contribution in [2.24, 2.45) is 0 Å². The third-order valence-corrected chi connectivity index (χ3v) is 3.81. The van der Waals surface area contributed by atoms with Crippen LogP contribution in [0.3, 0.4) is 0 Å². The van der Waals surface area contributed by atoms with Gasteiger partial charge in [-0.15, -0.1) is 0 Å². The van der Waals surface area contributed by atoms with Crippen LogP contribution in [-0.2, 0) is 0 Å². The molecule has 0 radical (unpaired) electrons. The SMILES string of the molecule is CCCCCOc1ccc(C(=O)NC(=S)Nc2cccc(C#N)c2)cc1. The van der Waals surface area contributed by atoms with Crippen molar-refractivity contribution in [1.82, 2.24) is 5.32 Å². The number of nitriles is 1. The molecule has 0 saturated heterocycles. The largest absolute Gasteiger partial charge is 0.494 e. The molecule has 0 spiro atoms. The van der Waals surface area contributed by atoms with Crippen molar-refractivity contribution in [3.05, 3.63) is 59.7 Å². The van der Waals surface area contributed by atoms with Gasteiger partial charge in [0.2, 0.25) is 0 Å². The molecular weight excluding hydrogens is 346 g/mol. The molecule has 0 heterocycles. The van der Waals surface area contributed by atoms with E-state index in [2.05, 4.69) is 23.6 Å². The van der Waals surface area contributed by atoms with Crippen molar-refractivity contribution in [1.29, 1.82) is 5.26 Å². The third-order valence-electron chi connectivity index (χ3n) is 3.61. The van der Waals surface area contributed by atoms with E-state index in [1.165, 1.54) is 0 Å². The van der Waals surface area contributed by atoms with Gasteiger partial charge in [0, 0.05) is 11.3 Å². The highest BCUT2D eigenvalue weighted by Gasteiger charge is 2.08. The lowest BCUT2D eigenvalue weighted by molar-refractivity contribution is 0.0977. The normalized spacial score (nSPS) is 9.85. The first-order valence-corrected chi connectivity index (χ1v) is 8.88. The Labute approximate surface area is 159 Å². The van der Waals surface area contributed by atoms with Crippen molar-refractivity contribution in [3.63, 3.8) is 0 Å². The number of amides is 1. The van der Waals surface area contributed by atoms with Crippen LogP contribution < -0.4 is 15.4 Å². The lowest BCUT2D eigenvalue weighted by Crippen LogP contribution is -2.34. The summed E-state index contributed by atoms with van der Waals surface area (Å²) in [5, 5.41) is 14.6. The molecule has 0 saturated carbocycles. The average molecular weight is 367 g/mol. The van der Waals surface area contributed by atoms with Crippen LogP contribution in [0.25, 0.3) is 0 Å². The summed E-state index contributed by atoms with van der Waals surface area (Å²) in [5.74, 6) is 0.433.